The van der Waals surface area contributed by atoms with E-state index in [1.54, 1.807) is 6.07 Å². The summed E-state index contributed by atoms with van der Waals surface area (Å²) in [6.07, 6.45) is 2.60. The number of hydrogen-bond acceptors (Lipinski definition) is 7. The highest BCUT2D eigenvalue weighted by Crippen LogP contribution is 2.29. The summed E-state index contributed by atoms with van der Waals surface area (Å²) < 4.78 is 25.4. The van der Waals surface area contributed by atoms with E-state index >= 15 is 0 Å². The predicted octanol–water partition coefficient (Wildman–Crippen LogP) is 0.136. The molecule has 0 radical (unpaired) electrons. The van der Waals surface area contributed by atoms with Crippen molar-refractivity contribution in [3.8, 4) is 0 Å². The number of hydrogen-bond donors (Lipinski definition) is 2. The van der Waals surface area contributed by atoms with Gasteiger partial charge >= 0.3 is 0 Å². The maximum Gasteiger partial charge on any atom is 0.269 e. The maximum atomic E-state index is 12.4. The van der Waals surface area contributed by atoms with Crippen LogP contribution in [-0.4, -0.2) is 51.0 Å². The average Bonchev–Trinajstić information content (AvgIpc) is 3.14. The summed E-state index contributed by atoms with van der Waals surface area (Å²) >= 11 is 0. The number of carbonyl (C=O) groups is 2. The van der Waals surface area contributed by atoms with E-state index in [0.29, 0.717) is 15.5 Å². The Balaban J connectivity index is 1.60. The Kier molecular flexibility index (Phi) is 3.25. The number of benzene rings is 1. The van der Waals surface area contributed by atoms with Crippen LogP contribution in [-0.2, 0) is 14.8 Å². The molecule has 2 aromatic heterocycles. The number of fused-ring (bicyclic) bond motifs is 2. The third-order valence-electron chi connectivity index (χ3n) is 3.68. The molecule has 126 valence electrons. The number of anilines is 1. The van der Waals surface area contributed by atoms with E-state index in [0.717, 1.165) is 0 Å². The summed E-state index contributed by atoms with van der Waals surface area (Å²) in [6.45, 7) is -0.657. The Morgan fingerprint density at radius 2 is 2.00 bits per heavy atom. The molecule has 10 nitrogen and oxygen atoms in total. The average molecular weight is 358 g/mol. The van der Waals surface area contributed by atoms with E-state index in [1.165, 1.54) is 30.9 Å². The number of aromatic nitrogens is 4. The summed E-state index contributed by atoms with van der Waals surface area (Å²) in [7, 11) is -4.04. The quantitative estimate of drug-likeness (QED) is 0.679. The van der Waals surface area contributed by atoms with Crippen LogP contribution in [0.4, 0.5) is 5.82 Å². The Labute approximate surface area is 141 Å². The Morgan fingerprint density at radius 3 is 2.80 bits per heavy atom. The Hall–Kier alpha value is -3.34. The van der Waals surface area contributed by atoms with Crippen molar-refractivity contribution in [2.45, 2.75) is 4.90 Å². The lowest BCUT2D eigenvalue weighted by molar-refractivity contribution is -0.116. The van der Waals surface area contributed by atoms with Crippen LogP contribution in [0, 0.1) is 0 Å². The molecule has 11 heteroatoms. The molecule has 2 N–H and O–H groups in total. The van der Waals surface area contributed by atoms with Crippen LogP contribution in [0.1, 0.15) is 10.4 Å². The van der Waals surface area contributed by atoms with Gasteiger partial charge in [0, 0.05) is 0 Å². The first-order valence-electron chi connectivity index (χ1n) is 7.08. The van der Waals surface area contributed by atoms with E-state index in [4.69, 9.17) is 0 Å². The van der Waals surface area contributed by atoms with Gasteiger partial charge in [0.05, 0.1) is 11.9 Å². The van der Waals surface area contributed by atoms with Gasteiger partial charge in [0.2, 0.25) is 5.91 Å². The highest BCUT2D eigenvalue weighted by molar-refractivity contribution is 7.90. The fourth-order valence-electron chi connectivity index (χ4n) is 2.55. The molecule has 3 heterocycles. The lowest BCUT2D eigenvalue weighted by Crippen LogP contribution is -2.37. The molecule has 0 aliphatic carbocycles. The number of rotatable bonds is 3. The smallest absolute Gasteiger partial charge is 0.269 e. The monoisotopic (exact) mass is 358 g/mol. The number of carbonyl (C=O) groups excluding carboxylic acids is 2. The van der Waals surface area contributed by atoms with Gasteiger partial charge in [-0.1, -0.05) is 12.1 Å². The lowest BCUT2D eigenvalue weighted by Gasteiger charge is -2.14. The molecular formula is C14H10N6O4S. The van der Waals surface area contributed by atoms with Crippen LogP contribution in [0.25, 0.3) is 11.2 Å². The van der Waals surface area contributed by atoms with Gasteiger partial charge in [-0.25, -0.2) is 27.7 Å². The minimum atomic E-state index is -4.04. The zero-order valence-electron chi connectivity index (χ0n) is 12.5. The molecule has 0 fully saturated rings. The summed E-state index contributed by atoms with van der Waals surface area (Å²) in [5.41, 5.74) is 0.797. The summed E-state index contributed by atoms with van der Waals surface area (Å²) in [4.78, 5) is 39.0. The molecule has 1 aliphatic heterocycles. The molecule has 0 saturated carbocycles. The highest BCUT2D eigenvalue weighted by Gasteiger charge is 2.41. The fraction of sp³-hybridized carbons (Fsp3) is 0.0714. The second-order valence-corrected chi connectivity index (χ2v) is 7.02. The number of H-pyrrole nitrogens is 1. The van der Waals surface area contributed by atoms with Crippen LogP contribution in [0.2, 0.25) is 0 Å². The summed E-state index contributed by atoms with van der Waals surface area (Å²) in [6, 6.07) is 5.82. The van der Waals surface area contributed by atoms with Gasteiger partial charge in [0.25, 0.3) is 15.9 Å². The molecule has 0 saturated heterocycles. The van der Waals surface area contributed by atoms with Gasteiger partial charge in [-0.05, 0) is 12.1 Å². The minimum absolute atomic E-state index is 0.0493. The van der Waals surface area contributed by atoms with Gasteiger partial charge in [-0.2, -0.15) is 0 Å². The van der Waals surface area contributed by atoms with Gasteiger partial charge in [-0.3, -0.25) is 9.59 Å². The number of imidazole rings is 1. The maximum absolute atomic E-state index is 12.4. The molecule has 0 spiro atoms. The number of sulfonamides is 1. The molecular weight excluding hydrogens is 348 g/mol. The standard InChI is InChI=1S/C14H10N6O4S/c21-10(19-13-11-12(16-6-15-11)17-7-18-13)5-20-14(22)8-3-1-2-4-9(8)25(20,23)24/h1-4,6-7H,5H2,(H2,15,16,17,18,19,21). The van der Waals surface area contributed by atoms with Crippen LogP contribution in [0.5, 0.6) is 0 Å². The third kappa shape index (κ3) is 2.32. The highest BCUT2D eigenvalue weighted by atomic mass is 32.2. The minimum Gasteiger partial charge on any atom is -0.340 e. The number of nitrogens with one attached hydrogen (secondary N) is 2. The van der Waals surface area contributed by atoms with E-state index in [2.05, 4.69) is 25.3 Å². The predicted molar refractivity (Wildman–Crippen MR) is 85.0 cm³/mol. The first-order chi connectivity index (χ1) is 12.0. The molecule has 0 bridgehead atoms. The van der Waals surface area contributed by atoms with E-state index < -0.39 is 28.4 Å². The summed E-state index contributed by atoms with van der Waals surface area (Å²) in [5.74, 6) is -1.30. The first kappa shape index (κ1) is 15.2. The molecule has 3 aromatic rings. The molecule has 1 aromatic carbocycles. The van der Waals surface area contributed by atoms with Crippen molar-refractivity contribution < 1.29 is 18.0 Å². The van der Waals surface area contributed by atoms with Crippen molar-refractivity contribution in [1.29, 1.82) is 0 Å². The number of amides is 2. The van der Waals surface area contributed by atoms with Crippen LogP contribution in [0.15, 0.2) is 41.8 Å². The van der Waals surface area contributed by atoms with Crippen molar-refractivity contribution in [3.05, 3.63) is 42.5 Å². The molecule has 0 unspecified atom stereocenters. The van der Waals surface area contributed by atoms with Crippen molar-refractivity contribution in [2.24, 2.45) is 0 Å². The van der Waals surface area contributed by atoms with Gasteiger partial charge in [0.15, 0.2) is 11.5 Å². The van der Waals surface area contributed by atoms with Crippen molar-refractivity contribution in [1.82, 2.24) is 24.2 Å². The van der Waals surface area contributed by atoms with E-state index in [9.17, 15) is 18.0 Å². The zero-order chi connectivity index (χ0) is 17.6. The molecule has 2 amide bonds. The Morgan fingerprint density at radius 1 is 1.20 bits per heavy atom. The first-order valence-corrected chi connectivity index (χ1v) is 8.52. The number of nitrogens with zero attached hydrogens (tertiary/aromatic N) is 4. The molecule has 4 rings (SSSR count). The molecule has 1 aliphatic rings. The van der Waals surface area contributed by atoms with E-state index in [-0.39, 0.29) is 16.3 Å². The largest absolute Gasteiger partial charge is 0.340 e. The van der Waals surface area contributed by atoms with Gasteiger partial charge in [-0.15, -0.1) is 0 Å². The summed E-state index contributed by atoms with van der Waals surface area (Å²) in [5, 5.41) is 2.46. The molecule has 25 heavy (non-hydrogen) atoms. The van der Waals surface area contributed by atoms with Crippen molar-refractivity contribution in [2.75, 3.05) is 11.9 Å². The second kappa shape index (κ2) is 5.34. The topological polar surface area (TPSA) is 138 Å². The number of aromatic amines is 1. The fourth-order valence-corrected chi connectivity index (χ4v) is 4.07. The van der Waals surface area contributed by atoms with Crippen LogP contribution in [0.3, 0.4) is 0 Å². The van der Waals surface area contributed by atoms with Gasteiger partial charge < -0.3 is 10.3 Å². The Bertz CT molecular complexity index is 1120. The van der Waals surface area contributed by atoms with Gasteiger partial charge in [0.1, 0.15) is 23.3 Å². The zero-order valence-corrected chi connectivity index (χ0v) is 13.3. The van der Waals surface area contributed by atoms with Crippen LogP contribution < -0.4 is 5.32 Å². The SMILES string of the molecule is O=C(CN1C(=O)c2ccccc2S1(=O)=O)Nc1ncnc2nc[nH]c12. The second-order valence-electron chi connectivity index (χ2n) is 5.18. The van der Waals surface area contributed by atoms with E-state index in [1.807, 2.05) is 0 Å². The van der Waals surface area contributed by atoms with Crippen molar-refractivity contribution in [3.63, 3.8) is 0 Å². The van der Waals surface area contributed by atoms with Crippen molar-refractivity contribution >= 4 is 38.8 Å². The van der Waals surface area contributed by atoms with Crippen LogP contribution >= 0.6 is 0 Å². The normalized spacial score (nSPS) is 15.4. The third-order valence-corrected chi connectivity index (χ3v) is 5.47. The molecule has 0 atom stereocenters. The lowest BCUT2D eigenvalue weighted by atomic mass is 10.2.